The molecule has 1 aromatic heterocycles. The molecule has 1 aromatic carbocycles. The minimum atomic E-state index is -1.21. The SMILES string of the molecule is CC(C)C[C@H](NC(=O)OCc1ccccc1)C(=O)N[C@@H](Cc1cnc[nH]1)C(=O)N[C@@H](C)C(=O)O. The Bertz CT molecular complexity index is 948. The third-order valence-corrected chi connectivity index (χ3v) is 4.87. The van der Waals surface area contributed by atoms with Crippen LogP contribution in [0.5, 0.6) is 0 Å². The molecular formula is C23H31N5O6. The van der Waals surface area contributed by atoms with Crippen molar-refractivity contribution in [3.05, 3.63) is 54.1 Å². The van der Waals surface area contributed by atoms with Gasteiger partial charge in [0.1, 0.15) is 24.7 Å². The van der Waals surface area contributed by atoms with Crippen molar-refractivity contribution >= 4 is 23.9 Å². The Morgan fingerprint density at radius 3 is 2.26 bits per heavy atom. The molecule has 0 spiro atoms. The number of rotatable bonds is 12. The van der Waals surface area contributed by atoms with E-state index in [9.17, 15) is 19.2 Å². The van der Waals surface area contributed by atoms with Crippen LogP contribution in [0, 0.1) is 5.92 Å². The molecule has 3 amide bonds. The molecule has 0 aliphatic heterocycles. The van der Waals surface area contributed by atoms with Crippen LogP contribution in [0.1, 0.15) is 38.4 Å². The summed E-state index contributed by atoms with van der Waals surface area (Å²) in [6.45, 7) is 5.14. The predicted molar refractivity (Wildman–Crippen MR) is 122 cm³/mol. The van der Waals surface area contributed by atoms with Gasteiger partial charge in [0.15, 0.2) is 0 Å². The molecule has 34 heavy (non-hydrogen) atoms. The summed E-state index contributed by atoms with van der Waals surface area (Å²) in [5.41, 5.74) is 1.37. The highest BCUT2D eigenvalue weighted by Crippen LogP contribution is 2.08. The zero-order valence-electron chi connectivity index (χ0n) is 19.4. The molecule has 0 saturated carbocycles. The largest absolute Gasteiger partial charge is 0.480 e. The molecule has 0 radical (unpaired) electrons. The highest BCUT2D eigenvalue weighted by atomic mass is 16.5. The molecule has 0 bridgehead atoms. The van der Waals surface area contributed by atoms with E-state index in [1.165, 1.54) is 19.4 Å². The van der Waals surface area contributed by atoms with Crippen LogP contribution in [0.3, 0.4) is 0 Å². The predicted octanol–water partition coefficient (Wildman–Crippen LogP) is 1.37. The van der Waals surface area contributed by atoms with Crippen LogP contribution in [0.2, 0.25) is 0 Å². The Balaban J connectivity index is 2.07. The molecule has 0 aliphatic rings. The van der Waals surface area contributed by atoms with Gasteiger partial charge in [-0.1, -0.05) is 44.2 Å². The van der Waals surface area contributed by atoms with E-state index < -0.39 is 42.0 Å². The Morgan fingerprint density at radius 2 is 1.68 bits per heavy atom. The first-order chi connectivity index (χ1) is 16.2. The number of nitrogens with zero attached hydrogens (tertiary/aromatic N) is 1. The van der Waals surface area contributed by atoms with Crippen LogP contribution >= 0.6 is 0 Å². The van der Waals surface area contributed by atoms with Crippen LogP contribution < -0.4 is 16.0 Å². The number of carbonyl (C=O) groups excluding carboxylic acids is 3. The maximum atomic E-state index is 13.0. The lowest BCUT2D eigenvalue weighted by atomic mass is 10.0. The van der Waals surface area contributed by atoms with Gasteiger partial charge < -0.3 is 30.8 Å². The van der Waals surface area contributed by atoms with Gasteiger partial charge in [0.25, 0.3) is 0 Å². The van der Waals surface area contributed by atoms with Gasteiger partial charge in [-0.15, -0.1) is 0 Å². The van der Waals surface area contributed by atoms with Crippen LogP contribution in [-0.4, -0.2) is 57.1 Å². The van der Waals surface area contributed by atoms with Gasteiger partial charge in [-0.05, 0) is 24.8 Å². The number of hydrogen-bond acceptors (Lipinski definition) is 6. The number of alkyl carbamates (subject to hydrolysis) is 1. The highest BCUT2D eigenvalue weighted by Gasteiger charge is 2.29. The second kappa shape index (κ2) is 13.0. The van der Waals surface area contributed by atoms with Crippen molar-refractivity contribution in [3.8, 4) is 0 Å². The second-order valence-electron chi connectivity index (χ2n) is 8.30. The van der Waals surface area contributed by atoms with Crippen molar-refractivity contribution in [1.29, 1.82) is 0 Å². The molecule has 1 heterocycles. The fourth-order valence-electron chi connectivity index (χ4n) is 3.08. The van der Waals surface area contributed by atoms with E-state index in [0.29, 0.717) is 12.1 Å². The average Bonchev–Trinajstić information content (AvgIpc) is 3.30. The normalized spacial score (nSPS) is 13.4. The molecule has 0 aliphatic carbocycles. The molecule has 184 valence electrons. The van der Waals surface area contributed by atoms with E-state index in [1.807, 2.05) is 44.2 Å². The smallest absolute Gasteiger partial charge is 0.408 e. The number of aromatic amines is 1. The number of imidazole rings is 1. The number of aliphatic carboxylic acids is 1. The van der Waals surface area contributed by atoms with Crippen molar-refractivity contribution in [2.75, 3.05) is 0 Å². The van der Waals surface area contributed by atoms with Crippen LogP contribution in [-0.2, 0) is 32.1 Å². The summed E-state index contributed by atoms with van der Waals surface area (Å²) in [5.74, 6) is -2.42. The molecule has 3 atom stereocenters. The molecule has 0 saturated heterocycles. The Morgan fingerprint density at radius 1 is 1.00 bits per heavy atom. The maximum Gasteiger partial charge on any atom is 0.408 e. The number of H-pyrrole nitrogens is 1. The topological polar surface area (TPSA) is 163 Å². The number of aromatic nitrogens is 2. The second-order valence-corrected chi connectivity index (χ2v) is 8.30. The van der Waals surface area contributed by atoms with Crippen molar-refractivity contribution in [3.63, 3.8) is 0 Å². The van der Waals surface area contributed by atoms with E-state index >= 15 is 0 Å². The monoisotopic (exact) mass is 473 g/mol. The Hall–Kier alpha value is -3.89. The van der Waals surface area contributed by atoms with Crippen LogP contribution in [0.15, 0.2) is 42.9 Å². The number of ether oxygens (including phenoxy) is 1. The van der Waals surface area contributed by atoms with E-state index in [-0.39, 0.29) is 18.9 Å². The molecule has 2 rings (SSSR count). The van der Waals surface area contributed by atoms with Gasteiger partial charge in [0, 0.05) is 18.3 Å². The van der Waals surface area contributed by atoms with Gasteiger partial charge >= 0.3 is 12.1 Å². The number of carboxylic acids is 1. The van der Waals surface area contributed by atoms with E-state index in [0.717, 1.165) is 5.56 Å². The van der Waals surface area contributed by atoms with Crippen molar-refractivity contribution in [1.82, 2.24) is 25.9 Å². The first-order valence-corrected chi connectivity index (χ1v) is 10.9. The number of benzene rings is 1. The number of amides is 3. The summed E-state index contributed by atoms with van der Waals surface area (Å²) in [6.07, 6.45) is 2.52. The number of hydrogen-bond donors (Lipinski definition) is 5. The summed E-state index contributed by atoms with van der Waals surface area (Å²) < 4.78 is 5.22. The van der Waals surface area contributed by atoms with Crippen LogP contribution in [0.4, 0.5) is 4.79 Å². The van der Waals surface area contributed by atoms with Gasteiger partial charge in [-0.2, -0.15) is 0 Å². The summed E-state index contributed by atoms with van der Waals surface area (Å²) in [6, 6.07) is 5.91. The quantitative estimate of drug-likeness (QED) is 0.311. The molecule has 0 unspecified atom stereocenters. The van der Waals surface area contributed by atoms with E-state index in [2.05, 4.69) is 25.9 Å². The lowest BCUT2D eigenvalue weighted by molar-refractivity contribution is -0.141. The molecule has 11 nitrogen and oxygen atoms in total. The Labute approximate surface area is 197 Å². The molecule has 0 fully saturated rings. The Kier molecular flexibility index (Phi) is 10.1. The summed E-state index contributed by atoms with van der Waals surface area (Å²) >= 11 is 0. The number of nitrogens with one attached hydrogen (secondary N) is 4. The van der Waals surface area contributed by atoms with Crippen LogP contribution in [0.25, 0.3) is 0 Å². The number of carboxylic acid groups (broad SMARTS) is 1. The lowest BCUT2D eigenvalue weighted by Crippen LogP contribution is -2.56. The standard InChI is InChI=1S/C23H31N5O6/c1-14(2)9-18(28-23(33)34-12-16-7-5-4-6-8-16)21(30)27-19(10-17-11-24-13-25-17)20(29)26-15(3)22(31)32/h4-8,11,13-15,18-19H,9-10,12H2,1-3H3,(H,24,25)(H,26,29)(H,27,30)(H,28,33)(H,31,32)/t15-,18-,19-/m0/s1. The third kappa shape index (κ3) is 8.93. The summed E-state index contributed by atoms with van der Waals surface area (Å²) in [7, 11) is 0. The van der Waals surface area contributed by atoms with E-state index in [1.54, 1.807) is 0 Å². The van der Waals surface area contributed by atoms with Crippen molar-refractivity contribution < 1.29 is 29.0 Å². The summed E-state index contributed by atoms with van der Waals surface area (Å²) in [4.78, 5) is 56.0. The first kappa shape index (κ1) is 26.4. The van der Waals surface area contributed by atoms with Crippen molar-refractivity contribution in [2.24, 2.45) is 5.92 Å². The first-order valence-electron chi connectivity index (χ1n) is 10.9. The molecular weight excluding hydrogens is 442 g/mol. The molecule has 5 N–H and O–H groups in total. The minimum Gasteiger partial charge on any atom is -0.480 e. The van der Waals surface area contributed by atoms with Gasteiger partial charge in [-0.3, -0.25) is 14.4 Å². The average molecular weight is 474 g/mol. The zero-order valence-corrected chi connectivity index (χ0v) is 19.4. The fraction of sp³-hybridized carbons (Fsp3) is 0.435. The zero-order chi connectivity index (χ0) is 25.1. The minimum absolute atomic E-state index is 0.0423. The summed E-state index contributed by atoms with van der Waals surface area (Å²) in [5, 5.41) is 16.6. The number of carbonyl (C=O) groups is 4. The maximum absolute atomic E-state index is 13.0. The van der Waals surface area contributed by atoms with Gasteiger partial charge in [-0.25, -0.2) is 9.78 Å². The molecule has 2 aromatic rings. The van der Waals surface area contributed by atoms with E-state index in [4.69, 9.17) is 9.84 Å². The van der Waals surface area contributed by atoms with Crippen molar-refractivity contribution in [2.45, 2.75) is 58.3 Å². The van der Waals surface area contributed by atoms with Gasteiger partial charge in [0.2, 0.25) is 11.8 Å². The fourth-order valence-corrected chi connectivity index (χ4v) is 3.08. The van der Waals surface area contributed by atoms with Gasteiger partial charge in [0.05, 0.1) is 6.33 Å². The highest BCUT2D eigenvalue weighted by molar-refractivity contribution is 5.92. The molecule has 11 heteroatoms. The lowest BCUT2D eigenvalue weighted by Gasteiger charge is -2.24. The third-order valence-electron chi connectivity index (χ3n) is 4.87.